The van der Waals surface area contributed by atoms with Crippen molar-refractivity contribution in [1.29, 1.82) is 0 Å². The van der Waals surface area contributed by atoms with Crippen molar-refractivity contribution in [2.75, 3.05) is 18.4 Å². The Morgan fingerprint density at radius 2 is 2.05 bits per heavy atom. The van der Waals surface area contributed by atoms with Crippen LogP contribution in [-0.2, 0) is 4.79 Å². The highest BCUT2D eigenvalue weighted by atomic mass is 16.2. The maximum absolute atomic E-state index is 12.0. The van der Waals surface area contributed by atoms with Crippen LogP contribution in [0.4, 0.5) is 5.69 Å². The Morgan fingerprint density at radius 1 is 1.33 bits per heavy atom. The van der Waals surface area contributed by atoms with Crippen LogP contribution in [0.2, 0.25) is 0 Å². The predicted molar refractivity (Wildman–Crippen MR) is 83.2 cm³/mol. The van der Waals surface area contributed by atoms with Crippen LogP contribution in [0.25, 0.3) is 0 Å². The second kappa shape index (κ2) is 7.22. The monoisotopic (exact) mass is 289 g/mol. The summed E-state index contributed by atoms with van der Waals surface area (Å²) < 4.78 is 0. The van der Waals surface area contributed by atoms with Gasteiger partial charge in [0, 0.05) is 17.7 Å². The molecule has 0 unspecified atom stereocenters. The van der Waals surface area contributed by atoms with Crippen molar-refractivity contribution in [3.05, 3.63) is 29.3 Å². The van der Waals surface area contributed by atoms with Gasteiger partial charge in [-0.15, -0.1) is 0 Å². The Labute approximate surface area is 125 Å². The molecule has 1 fully saturated rings. The van der Waals surface area contributed by atoms with Crippen molar-refractivity contribution >= 4 is 17.5 Å². The maximum atomic E-state index is 12.0. The van der Waals surface area contributed by atoms with E-state index in [1.165, 1.54) is 0 Å². The Hall–Kier alpha value is -1.88. The van der Waals surface area contributed by atoms with Crippen LogP contribution in [-0.4, -0.2) is 24.9 Å². The normalized spacial score (nSPS) is 15.7. The predicted octanol–water partition coefficient (Wildman–Crippen LogP) is 1.81. The lowest BCUT2D eigenvalue weighted by molar-refractivity contribution is -0.116. The molecule has 0 radical (unpaired) electrons. The Balaban J connectivity index is 1.84. The van der Waals surface area contributed by atoms with Crippen LogP contribution in [0.15, 0.2) is 18.2 Å². The second-order valence-electron chi connectivity index (χ2n) is 5.67. The van der Waals surface area contributed by atoms with E-state index < -0.39 is 5.91 Å². The van der Waals surface area contributed by atoms with E-state index in [-0.39, 0.29) is 5.91 Å². The molecule has 5 nitrogen and oxygen atoms in total. The van der Waals surface area contributed by atoms with Gasteiger partial charge < -0.3 is 16.4 Å². The second-order valence-corrected chi connectivity index (χ2v) is 5.67. The topological polar surface area (TPSA) is 84.2 Å². The third kappa shape index (κ3) is 4.56. The van der Waals surface area contributed by atoms with Gasteiger partial charge in [-0.25, -0.2) is 0 Å². The van der Waals surface area contributed by atoms with E-state index in [9.17, 15) is 9.59 Å². The molecule has 0 spiro atoms. The standard InChI is InChI=1S/C16H23N3O2/c1-11-10-13(3-4-14(11)16(17)21)19-15(20)5-2-12-6-8-18-9-7-12/h3-4,10,12,18H,2,5-9H2,1H3,(H2,17,21)(H,19,20). The van der Waals surface area contributed by atoms with Crippen molar-refractivity contribution in [2.24, 2.45) is 11.7 Å². The molecule has 0 saturated carbocycles. The molecule has 1 aromatic carbocycles. The average molecular weight is 289 g/mol. The number of carbonyl (C=O) groups is 2. The number of aryl methyl sites for hydroxylation is 1. The van der Waals surface area contributed by atoms with Gasteiger partial charge >= 0.3 is 0 Å². The summed E-state index contributed by atoms with van der Waals surface area (Å²) in [5.74, 6) is 0.229. The molecule has 1 aliphatic heterocycles. The summed E-state index contributed by atoms with van der Waals surface area (Å²) >= 11 is 0. The molecule has 2 rings (SSSR count). The molecule has 4 N–H and O–H groups in total. The van der Waals surface area contributed by atoms with Gasteiger partial charge in [0.2, 0.25) is 11.8 Å². The van der Waals surface area contributed by atoms with Crippen LogP contribution in [0.5, 0.6) is 0 Å². The highest BCUT2D eigenvalue weighted by Crippen LogP contribution is 2.19. The van der Waals surface area contributed by atoms with Crippen molar-refractivity contribution in [2.45, 2.75) is 32.6 Å². The zero-order valence-corrected chi connectivity index (χ0v) is 12.4. The van der Waals surface area contributed by atoms with Gasteiger partial charge in [0.15, 0.2) is 0 Å². The van der Waals surface area contributed by atoms with Crippen LogP contribution in [0.3, 0.4) is 0 Å². The minimum Gasteiger partial charge on any atom is -0.366 e. The molecule has 0 aliphatic carbocycles. The molecule has 2 amide bonds. The quantitative estimate of drug-likeness (QED) is 0.773. The van der Waals surface area contributed by atoms with E-state index in [0.29, 0.717) is 23.6 Å². The third-order valence-electron chi connectivity index (χ3n) is 4.01. The minimum absolute atomic E-state index is 0.0276. The smallest absolute Gasteiger partial charge is 0.248 e. The molecule has 21 heavy (non-hydrogen) atoms. The number of carbonyl (C=O) groups excluding carboxylic acids is 2. The van der Waals surface area contributed by atoms with E-state index in [0.717, 1.165) is 37.9 Å². The van der Waals surface area contributed by atoms with Gasteiger partial charge in [-0.3, -0.25) is 9.59 Å². The van der Waals surface area contributed by atoms with Crippen LogP contribution >= 0.6 is 0 Å². The highest BCUT2D eigenvalue weighted by molar-refractivity contribution is 5.96. The Bertz CT molecular complexity index is 522. The van der Waals surface area contributed by atoms with Gasteiger partial charge in [0.1, 0.15) is 0 Å². The maximum Gasteiger partial charge on any atom is 0.248 e. The number of primary amides is 1. The van der Waals surface area contributed by atoms with E-state index >= 15 is 0 Å². The summed E-state index contributed by atoms with van der Waals surface area (Å²) in [6.45, 7) is 3.92. The number of nitrogens with one attached hydrogen (secondary N) is 2. The number of rotatable bonds is 5. The fourth-order valence-corrected chi connectivity index (χ4v) is 2.75. The molecule has 1 heterocycles. The molecule has 1 aromatic rings. The lowest BCUT2D eigenvalue weighted by Crippen LogP contribution is -2.28. The zero-order chi connectivity index (χ0) is 15.2. The summed E-state index contributed by atoms with van der Waals surface area (Å²) in [5, 5.41) is 6.21. The molecular weight excluding hydrogens is 266 g/mol. The first-order valence-electron chi connectivity index (χ1n) is 7.47. The van der Waals surface area contributed by atoms with E-state index in [4.69, 9.17) is 5.73 Å². The molecule has 1 aliphatic rings. The average Bonchev–Trinajstić information content (AvgIpc) is 2.46. The summed E-state index contributed by atoms with van der Waals surface area (Å²) in [5.41, 5.74) is 7.25. The van der Waals surface area contributed by atoms with Gasteiger partial charge in [-0.2, -0.15) is 0 Å². The van der Waals surface area contributed by atoms with E-state index in [2.05, 4.69) is 10.6 Å². The summed E-state index contributed by atoms with van der Waals surface area (Å²) in [6, 6.07) is 5.15. The zero-order valence-electron chi connectivity index (χ0n) is 12.4. The molecule has 5 heteroatoms. The van der Waals surface area contributed by atoms with E-state index in [1.807, 2.05) is 6.92 Å². The Morgan fingerprint density at radius 3 is 2.67 bits per heavy atom. The lowest BCUT2D eigenvalue weighted by Gasteiger charge is -2.22. The van der Waals surface area contributed by atoms with Crippen LogP contribution in [0, 0.1) is 12.8 Å². The fraction of sp³-hybridized carbons (Fsp3) is 0.500. The third-order valence-corrected chi connectivity index (χ3v) is 4.01. The SMILES string of the molecule is Cc1cc(NC(=O)CCC2CCNCC2)ccc1C(N)=O. The number of piperidine rings is 1. The number of hydrogen-bond acceptors (Lipinski definition) is 3. The number of nitrogens with two attached hydrogens (primary N) is 1. The number of amides is 2. The van der Waals surface area contributed by atoms with Crippen molar-refractivity contribution in [3.8, 4) is 0 Å². The van der Waals surface area contributed by atoms with Crippen molar-refractivity contribution in [1.82, 2.24) is 5.32 Å². The first kappa shape index (κ1) is 15.5. The van der Waals surface area contributed by atoms with Crippen molar-refractivity contribution < 1.29 is 9.59 Å². The lowest BCUT2D eigenvalue weighted by atomic mass is 9.93. The number of benzene rings is 1. The van der Waals surface area contributed by atoms with Crippen LogP contribution in [0.1, 0.15) is 41.6 Å². The van der Waals surface area contributed by atoms with Gasteiger partial charge in [0.25, 0.3) is 0 Å². The first-order valence-corrected chi connectivity index (χ1v) is 7.47. The molecule has 114 valence electrons. The Kier molecular flexibility index (Phi) is 5.33. The van der Waals surface area contributed by atoms with Crippen molar-refractivity contribution in [3.63, 3.8) is 0 Å². The minimum atomic E-state index is -0.448. The number of anilines is 1. The highest BCUT2D eigenvalue weighted by Gasteiger charge is 2.14. The van der Waals surface area contributed by atoms with Crippen LogP contribution < -0.4 is 16.4 Å². The molecule has 0 aromatic heterocycles. The first-order chi connectivity index (χ1) is 10.1. The molecule has 0 bridgehead atoms. The summed E-state index contributed by atoms with van der Waals surface area (Å²) in [6.07, 6.45) is 3.78. The number of hydrogen-bond donors (Lipinski definition) is 3. The van der Waals surface area contributed by atoms with Gasteiger partial charge in [0.05, 0.1) is 0 Å². The van der Waals surface area contributed by atoms with Gasteiger partial charge in [-0.05, 0) is 69.0 Å². The van der Waals surface area contributed by atoms with E-state index in [1.54, 1.807) is 18.2 Å². The molecular formula is C16H23N3O2. The van der Waals surface area contributed by atoms with Gasteiger partial charge in [-0.1, -0.05) is 0 Å². The largest absolute Gasteiger partial charge is 0.366 e. The molecule has 0 atom stereocenters. The summed E-state index contributed by atoms with van der Waals surface area (Å²) in [4.78, 5) is 23.1. The molecule has 1 saturated heterocycles. The summed E-state index contributed by atoms with van der Waals surface area (Å²) in [7, 11) is 0. The fourth-order valence-electron chi connectivity index (χ4n) is 2.75.